The predicted molar refractivity (Wildman–Crippen MR) is 90.6 cm³/mol. The third-order valence-corrected chi connectivity index (χ3v) is 3.59. The lowest BCUT2D eigenvalue weighted by Crippen LogP contribution is -2.36. The van der Waals surface area contributed by atoms with Crippen LogP contribution in [0.4, 0.5) is 0 Å². The zero-order chi connectivity index (χ0) is 15.9. The second-order valence-electron chi connectivity index (χ2n) is 5.68. The lowest BCUT2D eigenvalue weighted by molar-refractivity contribution is 0.268. The van der Waals surface area contributed by atoms with Crippen molar-refractivity contribution in [3.8, 4) is 0 Å². The first kappa shape index (κ1) is 15.3. The van der Waals surface area contributed by atoms with E-state index in [0.717, 1.165) is 31.6 Å². The number of nitrogens with zero attached hydrogens (tertiary/aromatic N) is 4. The standard InChI is InChI=1S/C17H22N6/c1-15(12-16-6-3-2-4-7-16)13-23-14-17(19-21-23)8-5-10-22-11-9-18-20-22/h2-4,6-7,9,11-12,14,18,20H,5,8,10,13H2,1H3/b15-12+. The molecule has 2 N–H and O–H groups in total. The maximum absolute atomic E-state index is 4.25. The third kappa shape index (κ3) is 4.69. The van der Waals surface area contributed by atoms with E-state index in [9.17, 15) is 0 Å². The number of hydrogen-bond acceptors (Lipinski definition) is 5. The van der Waals surface area contributed by atoms with Crippen LogP contribution in [-0.2, 0) is 13.0 Å². The molecule has 0 atom stereocenters. The van der Waals surface area contributed by atoms with Crippen molar-refractivity contribution in [2.45, 2.75) is 26.3 Å². The van der Waals surface area contributed by atoms with Gasteiger partial charge in [-0.05, 0) is 25.3 Å². The fourth-order valence-corrected chi connectivity index (χ4v) is 2.51. The van der Waals surface area contributed by atoms with E-state index in [4.69, 9.17) is 0 Å². The fourth-order valence-electron chi connectivity index (χ4n) is 2.51. The molecule has 120 valence electrons. The summed E-state index contributed by atoms with van der Waals surface area (Å²) in [5.74, 6) is 0. The molecule has 6 nitrogen and oxygen atoms in total. The zero-order valence-corrected chi connectivity index (χ0v) is 13.3. The van der Waals surface area contributed by atoms with Crippen LogP contribution in [0.5, 0.6) is 0 Å². The highest BCUT2D eigenvalue weighted by Crippen LogP contribution is 2.08. The Bertz CT molecular complexity index is 673. The third-order valence-electron chi connectivity index (χ3n) is 3.59. The van der Waals surface area contributed by atoms with Crippen molar-refractivity contribution >= 4 is 6.08 Å². The summed E-state index contributed by atoms with van der Waals surface area (Å²) in [6, 6.07) is 10.3. The normalized spacial score (nSPS) is 14.3. The van der Waals surface area contributed by atoms with Crippen molar-refractivity contribution in [2.75, 3.05) is 6.54 Å². The molecule has 0 fully saturated rings. The number of hydrazine groups is 2. The molecule has 0 radical (unpaired) electrons. The molecular weight excluding hydrogens is 288 g/mol. The summed E-state index contributed by atoms with van der Waals surface area (Å²) in [5.41, 5.74) is 9.45. The monoisotopic (exact) mass is 310 g/mol. The smallest absolute Gasteiger partial charge is 0.0827 e. The number of benzene rings is 1. The number of hydrogen-bond donors (Lipinski definition) is 2. The molecule has 1 aliphatic rings. The molecule has 23 heavy (non-hydrogen) atoms. The minimum absolute atomic E-state index is 0.766. The lowest BCUT2D eigenvalue weighted by atomic mass is 10.1. The summed E-state index contributed by atoms with van der Waals surface area (Å²) < 4.78 is 1.90. The van der Waals surface area contributed by atoms with Gasteiger partial charge in [0.1, 0.15) is 0 Å². The SMILES string of the molecule is C/C(=C\c1ccccc1)Cn1cc(CCCN2C=CNN2)nn1. The van der Waals surface area contributed by atoms with Crippen molar-refractivity contribution in [2.24, 2.45) is 0 Å². The molecule has 0 saturated heterocycles. The Morgan fingerprint density at radius 2 is 2.13 bits per heavy atom. The molecule has 0 unspecified atom stereocenters. The van der Waals surface area contributed by atoms with Crippen LogP contribution in [-0.4, -0.2) is 26.5 Å². The minimum Gasteiger partial charge on any atom is -0.310 e. The quantitative estimate of drug-likeness (QED) is 0.820. The first-order valence-electron chi connectivity index (χ1n) is 7.85. The van der Waals surface area contributed by atoms with Gasteiger partial charge < -0.3 is 5.43 Å². The second-order valence-corrected chi connectivity index (χ2v) is 5.68. The number of aromatic nitrogens is 3. The van der Waals surface area contributed by atoms with Gasteiger partial charge in [0, 0.05) is 25.1 Å². The number of aryl methyl sites for hydroxylation is 1. The maximum Gasteiger partial charge on any atom is 0.0827 e. The van der Waals surface area contributed by atoms with Gasteiger partial charge in [0.15, 0.2) is 0 Å². The van der Waals surface area contributed by atoms with E-state index in [1.807, 2.05) is 46.5 Å². The molecule has 0 aliphatic carbocycles. The molecule has 0 saturated carbocycles. The van der Waals surface area contributed by atoms with E-state index in [-0.39, 0.29) is 0 Å². The largest absolute Gasteiger partial charge is 0.310 e. The maximum atomic E-state index is 4.25. The summed E-state index contributed by atoms with van der Waals surface area (Å²) in [4.78, 5) is 0. The van der Waals surface area contributed by atoms with Crippen LogP contribution in [0.15, 0.2) is 54.5 Å². The van der Waals surface area contributed by atoms with Gasteiger partial charge in [-0.15, -0.1) is 10.6 Å². The van der Waals surface area contributed by atoms with Crippen LogP contribution in [0.2, 0.25) is 0 Å². The van der Waals surface area contributed by atoms with Crippen molar-refractivity contribution < 1.29 is 0 Å². The molecule has 0 amide bonds. The molecule has 6 heteroatoms. The molecule has 2 aromatic rings. The Kier molecular flexibility index (Phi) is 5.06. The molecule has 3 rings (SSSR count). The van der Waals surface area contributed by atoms with Crippen LogP contribution >= 0.6 is 0 Å². The van der Waals surface area contributed by atoms with Crippen LogP contribution in [0, 0.1) is 0 Å². The lowest BCUT2D eigenvalue weighted by Gasteiger charge is -2.14. The molecular formula is C17H22N6. The Labute approximate surface area is 136 Å². The molecule has 0 bridgehead atoms. The Hall–Kier alpha value is -2.60. The summed E-state index contributed by atoms with van der Waals surface area (Å²) in [5, 5.41) is 10.5. The molecule has 1 aromatic heterocycles. The van der Waals surface area contributed by atoms with Gasteiger partial charge in [0.2, 0.25) is 0 Å². The molecule has 1 aliphatic heterocycles. The van der Waals surface area contributed by atoms with E-state index in [2.05, 4.69) is 46.4 Å². The average Bonchev–Trinajstić information content (AvgIpc) is 3.20. The van der Waals surface area contributed by atoms with Gasteiger partial charge in [-0.2, -0.15) is 0 Å². The van der Waals surface area contributed by atoms with Gasteiger partial charge in [-0.3, -0.25) is 5.01 Å². The molecule has 1 aromatic carbocycles. The Morgan fingerprint density at radius 3 is 2.91 bits per heavy atom. The van der Waals surface area contributed by atoms with E-state index < -0.39 is 0 Å². The van der Waals surface area contributed by atoms with Crippen molar-refractivity contribution in [1.29, 1.82) is 0 Å². The second kappa shape index (κ2) is 7.60. The summed E-state index contributed by atoms with van der Waals surface area (Å²) in [7, 11) is 0. The average molecular weight is 310 g/mol. The first-order valence-corrected chi connectivity index (χ1v) is 7.85. The summed E-state index contributed by atoms with van der Waals surface area (Å²) in [6.07, 6.45) is 10.0. The van der Waals surface area contributed by atoms with Gasteiger partial charge in [-0.1, -0.05) is 47.2 Å². The van der Waals surface area contributed by atoms with Crippen molar-refractivity contribution in [3.05, 3.63) is 65.8 Å². The van der Waals surface area contributed by atoms with E-state index in [0.29, 0.717) is 0 Å². The fraction of sp³-hybridized carbons (Fsp3) is 0.294. The van der Waals surface area contributed by atoms with Gasteiger partial charge in [-0.25, -0.2) is 4.68 Å². The molecule has 2 heterocycles. The molecule has 0 spiro atoms. The van der Waals surface area contributed by atoms with Gasteiger partial charge >= 0.3 is 0 Å². The number of nitrogens with one attached hydrogen (secondary N) is 2. The van der Waals surface area contributed by atoms with Gasteiger partial charge in [0.05, 0.1) is 12.2 Å². The van der Waals surface area contributed by atoms with Crippen molar-refractivity contribution in [1.82, 2.24) is 31.0 Å². The minimum atomic E-state index is 0.766. The van der Waals surface area contributed by atoms with E-state index in [1.54, 1.807) is 0 Å². The first-order chi connectivity index (χ1) is 11.3. The van der Waals surface area contributed by atoms with Crippen LogP contribution < -0.4 is 11.0 Å². The highest BCUT2D eigenvalue weighted by atomic mass is 15.7. The summed E-state index contributed by atoms with van der Waals surface area (Å²) in [6.45, 7) is 3.82. The zero-order valence-electron chi connectivity index (χ0n) is 13.3. The van der Waals surface area contributed by atoms with Gasteiger partial charge in [0.25, 0.3) is 0 Å². The number of allylic oxidation sites excluding steroid dienone is 1. The summed E-state index contributed by atoms with van der Waals surface area (Å²) >= 11 is 0. The predicted octanol–water partition coefficient (Wildman–Crippen LogP) is 2.11. The van der Waals surface area contributed by atoms with Crippen LogP contribution in [0.1, 0.15) is 24.6 Å². The van der Waals surface area contributed by atoms with Crippen LogP contribution in [0.3, 0.4) is 0 Å². The van der Waals surface area contributed by atoms with Crippen LogP contribution in [0.25, 0.3) is 6.08 Å². The number of rotatable bonds is 7. The Morgan fingerprint density at radius 1 is 1.26 bits per heavy atom. The Balaban J connectivity index is 1.48. The highest BCUT2D eigenvalue weighted by molar-refractivity contribution is 5.51. The topological polar surface area (TPSA) is 58.0 Å². The highest BCUT2D eigenvalue weighted by Gasteiger charge is 2.05. The van der Waals surface area contributed by atoms with E-state index >= 15 is 0 Å². The van der Waals surface area contributed by atoms with Crippen molar-refractivity contribution in [3.63, 3.8) is 0 Å². The van der Waals surface area contributed by atoms with E-state index in [1.165, 1.54) is 11.1 Å².